The van der Waals surface area contributed by atoms with E-state index in [1.807, 2.05) is 11.4 Å². The summed E-state index contributed by atoms with van der Waals surface area (Å²) in [6.07, 6.45) is 0. The van der Waals surface area contributed by atoms with E-state index in [-0.39, 0.29) is 0 Å². The van der Waals surface area contributed by atoms with E-state index in [1.165, 1.54) is 0 Å². The molecule has 0 bridgehead atoms. The van der Waals surface area contributed by atoms with Crippen LogP contribution >= 0.6 is 0 Å². The van der Waals surface area contributed by atoms with E-state index < -0.39 is 50.4 Å². The zero-order valence-electron chi connectivity index (χ0n) is 21.6. The second kappa shape index (κ2) is 11.5. The molecule has 31 heavy (non-hydrogen) atoms. The lowest BCUT2D eigenvalue weighted by atomic mass is 11.3. The van der Waals surface area contributed by atoms with Gasteiger partial charge in [0.15, 0.2) is 0 Å². The van der Waals surface area contributed by atoms with Gasteiger partial charge in [-0.3, -0.25) is 0 Å². The Bertz CT molecular complexity index is 550. The van der Waals surface area contributed by atoms with Crippen LogP contribution in [0.1, 0.15) is 0 Å². The molecular formula is C20H46O5Si6. The normalized spacial score (nSPS) is 17.4. The Kier molecular flexibility index (Phi) is 11.5. The minimum Gasteiger partial charge on any atom is -0.412 e. The van der Waals surface area contributed by atoms with Crippen molar-refractivity contribution in [1.82, 2.24) is 0 Å². The first-order chi connectivity index (χ1) is 13.9. The number of hydrogen-bond acceptors (Lipinski definition) is 5. The van der Waals surface area contributed by atoms with Crippen LogP contribution in [0.2, 0.25) is 63.7 Å². The molecule has 0 fully saturated rings. The molecule has 5 nitrogen and oxygen atoms in total. The van der Waals surface area contributed by atoms with Gasteiger partial charge in [0.05, 0.1) is 16.1 Å². The molecule has 0 aliphatic rings. The average Bonchev–Trinajstić information content (AvgIpc) is 2.66. The van der Waals surface area contributed by atoms with Gasteiger partial charge in [-0.05, 0) is 26.2 Å². The van der Waals surface area contributed by atoms with Crippen LogP contribution in [0, 0.1) is 0 Å². The molecule has 0 spiro atoms. The van der Waals surface area contributed by atoms with Gasteiger partial charge in [-0.15, -0.1) is 37.7 Å². The molecular weight excluding hydrogens is 489 g/mol. The minimum atomic E-state index is -3.20. The largest absolute Gasteiger partial charge is 0.480 e. The highest BCUT2D eigenvalue weighted by molar-refractivity contribution is 7.01. The lowest BCUT2D eigenvalue weighted by Gasteiger charge is -2.45. The Balaban J connectivity index is 6.68. The van der Waals surface area contributed by atoms with Crippen molar-refractivity contribution in [1.29, 1.82) is 0 Å². The molecule has 0 aliphatic carbocycles. The second-order valence-corrected chi connectivity index (χ2v) is 35.3. The van der Waals surface area contributed by atoms with E-state index in [4.69, 9.17) is 21.2 Å². The molecule has 0 aromatic heterocycles. The summed E-state index contributed by atoms with van der Waals surface area (Å²) in [4.78, 5) is 0. The van der Waals surface area contributed by atoms with Crippen LogP contribution in [-0.2, 0) is 21.2 Å². The zero-order chi connectivity index (χ0) is 24.8. The SMILES string of the molecule is C=C[Si](C)(C)C[Si](OC)(O[Si](C)(C)C=C)O[Si](C[Si](C)(C)C=C)(OC)O[Si](C)(C)C=C. The summed E-state index contributed by atoms with van der Waals surface area (Å²) in [6, 6.07) is 0. The maximum Gasteiger partial charge on any atom is 0.480 e. The summed E-state index contributed by atoms with van der Waals surface area (Å²) < 4.78 is 32.9. The summed E-state index contributed by atoms with van der Waals surface area (Å²) in [6.45, 7) is 33.6. The third-order valence-corrected chi connectivity index (χ3v) is 30.6. The fourth-order valence-corrected chi connectivity index (χ4v) is 29.3. The molecule has 0 radical (unpaired) electrons. The maximum absolute atomic E-state index is 7.01. The first-order valence-corrected chi connectivity index (χ1v) is 27.1. The standard InChI is InChI=1S/C20H46O5Si6/c1-15-26(7,8)19-30(21-5,23-28(11,12)17-3)25-31(22-6,20-27(9,10)16-2)24-29(13,14)18-4/h15-18H,1-4,19-20H2,5-14H3. The second-order valence-electron chi connectivity index (χ2n) is 10.4. The van der Waals surface area contributed by atoms with Gasteiger partial charge in [0.1, 0.15) is 0 Å². The predicted octanol–water partition coefficient (Wildman–Crippen LogP) is 6.01. The molecule has 2 unspecified atom stereocenters. The van der Waals surface area contributed by atoms with Crippen molar-refractivity contribution in [2.75, 3.05) is 14.2 Å². The molecule has 2 atom stereocenters. The van der Waals surface area contributed by atoms with Gasteiger partial charge < -0.3 is 21.2 Å². The summed E-state index contributed by atoms with van der Waals surface area (Å²) in [5, 5.41) is 0. The van der Waals surface area contributed by atoms with Gasteiger partial charge in [0, 0.05) is 25.6 Å². The summed E-state index contributed by atoms with van der Waals surface area (Å²) >= 11 is 0. The van der Waals surface area contributed by atoms with E-state index in [2.05, 4.69) is 90.1 Å². The van der Waals surface area contributed by atoms with Crippen molar-refractivity contribution in [3.8, 4) is 0 Å². The van der Waals surface area contributed by atoms with Crippen LogP contribution in [0.4, 0.5) is 0 Å². The van der Waals surface area contributed by atoms with E-state index in [0.29, 0.717) is 11.3 Å². The first-order valence-electron chi connectivity index (χ1n) is 10.7. The monoisotopic (exact) mass is 534 g/mol. The highest BCUT2D eigenvalue weighted by atomic mass is 28.5. The van der Waals surface area contributed by atoms with Crippen LogP contribution in [0.25, 0.3) is 0 Å². The van der Waals surface area contributed by atoms with Crippen molar-refractivity contribution in [3.63, 3.8) is 0 Å². The Labute approximate surface area is 198 Å². The van der Waals surface area contributed by atoms with Gasteiger partial charge >= 0.3 is 17.6 Å². The van der Waals surface area contributed by atoms with Crippen LogP contribution in [0.15, 0.2) is 49.1 Å². The molecule has 0 aromatic carbocycles. The van der Waals surface area contributed by atoms with E-state index >= 15 is 0 Å². The molecule has 180 valence electrons. The third-order valence-electron chi connectivity index (χ3n) is 5.20. The Morgan fingerprint density at radius 3 is 1.00 bits per heavy atom. The molecule has 0 N–H and O–H groups in total. The fourth-order valence-electron chi connectivity index (χ4n) is 2.88. The fraction of sp³-hybridized carbons (Fsp3) is 0.600. The number of hydrogen-bond donors (Lipinski definition) is 0. The molecule has 0 saturated heterocycles. The summed E-state index contributed by atoms with van der Waals surface area (Å²) in [5.74, 6) is 0. The van der Waals surface area contributed by atoms with Crippen LogP contribution in [0.3, 0.4) is 0 Å². The summed E-state index contributed by atoms with van der Waals surface area (Å²) in [5.41, 5.74) is 9.37. The smallest absolute Gasteiger partial charge is 0.412 e. The van der Waals surface area contributed by atoms with Gasteiger partial charge in [0.25, 0.3) is 0 Å². The molecule has 11 heteroatoms. The van der Waals surface area contributed by atoms with Crippen molar-refractivity contribution in [2.24, 2.45) is 0 Å². The Morgan fingerprint density at radius 1 is 0.516 bits per heavy atom. The predicted molar refractivity (Wildman–Crippen MR) is 149 cm³/mol. The Hall–Kier alpha value is 0.0613. The van der Waals surface area contributed by atoms with E-state index in [9.17, 15) is 0 Å². The molecule has 0 heterocycles. The highest BCUT2D eigenvalue weighted by Crippen LogP contribution is 2.35. The van der Waals surface area contributed by atoms with Gasteiger partial charge in [-0.2, -0.15) is 0 Å². The van der Waals surface area contributed by atoms with Crippen LogP contribution in [0.5, 0.6) is 0 Å². The lowest BCUT2D eigenvalue weighted by molar-refractivity contribution is 0.132. The summed E-state index contributed by atoms with van der Waals surface area (Å²) in [7, 11) is -11.2. The topological polar surface area (TPSA) is 46.2 Å². The van der Waals surface area contributed by atoms with Gasteiger partial charge in [0.2, 0.25) is 16.6 Å². The molecule has 0 aromatic rings. The maximum atomic E-state index is 7.01. The van der Waals surface area contributed by atoms with E-state index in [1.54, 1.807) is 14.2 Å². The van der Waals surface area contributed by atoms with Gasteiger partial charge in [-0.25, -0.2) is 0 Å². The van der Waals surface area contributed by atoms with Crippen LogP contribution in [-0.4, -0.2) is 64.6 Å². The quantitative estimate of drug-likeness (QED) is 0.227. The zero-order valence-corrected chi connectivity index (χ0v) is 27.6. The lowest BCUT2D eigenvalue weighted by Crippen LogP contribution is -2.66. The van der Waals surface area contributed by atoms with E-state index in [0.717, 1.165) is 0 Å². The Morgan fingerprint density at radius 2 is 0.806 bits per heavy atom. The van der Waals surface area contributed by atoms with Crippen molar-refractivity contribution < 1.29 is 21.2 Å². The molecule has 0 amide bonds. The molecule has 0 saturated carbocycles. The molecule has 0 aliphatic heterocycles. The average molecular weight is 535 g/mol. The van der Waals surface area contributed by atoms with Crippen molar-refractivity contribution in [2.45, 2.75) is 63.7 Å². The highest BCUT2D eigenvalue weighted by Gasteiger charge is 2.59. The van der Waals surface area contributed by atoms with Crippen molar-refractivity contribution in [3.05, 3.63) is 49.1 Å². The third kappa shape index (κ3) is 10.2. The first kappa shape index (κ1) is 31.1. The number of rotatable bonds is 16. The van der Waals surface area contributed by atoms with Gasteiger partial charge in [-0.1, -0.05) is 37.6 Å². The van der Waals surface area contributed by atoms with Crippen molar-refractivity contribution >= 4 is 50.4 Å². The van der Waals surface area contributed by atoms with Crippen LogP contribution < -0.4 is 0 Å². The minimum absolute atomic E-state index is 0.706. The molecule has 0 rings (SSSR count).